The maximum absolute atomic E-state index is 11.7. The predicted molar refractivity (Wildman–Crippen MR) is 55.4 cm³/mol. The van der Waals surface area contributed by atoms with E-state index in [-0.39, 0.29) is 18.4 Å². The van der Waals surface area contributed by atoms with Gasteiger partial charge in [0.15, 0.2) is 0 Å². The summed E-state index contributed by atoms with van der Waals surface area (Å²) in [5, 5.41) is 9.06. The third kappa shape index (κ3) is 2.56. The van der Waals surface area contributed by atoms with E-state index in [4.69, 9.17) is 5.11 Å². The highest BCUT2D eigenvalue weighted by atomic mass is 32.2. The van der Waals surface area contributed by atoms with Gasteiger partial charge in [-0.25, -0.2) is 8.42 Å². The van der Waals surface area contributed by atoms with Crippen LogP contribution in [0.25, 0.3) is 0 Å². The molecule has 1 fully saturated rings. The summed E-state index contributed by atoms with van der Waals surface area (Å²) < 4.78 is 24.8. The summed E-state index contributed by atoms with van der Waals surface area (Å²) in [6.45, 7) is 3.87. The first-order chi connectivity index (χ1) is 6.61. The van der Waals surface area contributed by atoms with Crippen molar-refractivity contribution in [1.82, 2.24) is 4.31 Å². The topological polar surface area (TPSA) is 57.6 Å². The standard InChI is InChI=1S/C9H17NO3S/c1-2-7-14(12,13)10-6-4-3-5-9(10)8-11/h2,9,11H,1,3-8H2. The average Bonchev–Trinajstić information content (AvgIpc) is 2.18. The second kappa shape index (κ2) is 4.91. The average molecular weight is 219 g/mol. The molecule has 0 spiro atoms. The van der Waals surface area contributed by atoms with Crippen molar-refractivity contribution in [2.75, 3.05) is 18.9 Å². The van der Waals surface area contributed by atoms with E-state index in [9.17, 15) is 8.42 Å². The van der Waals surface area contributed by atoms with Crippen LogP contribution in [0.3, 0.4) is 0 Å². The maximum atomic E-state index is 11.7. The molecular formula is C9H17NO3S. The molecule has 1 aliphatic rings. The summed E-state index contributed by atoms with van der Waals surface area (Å²) in [5.74, 6) is -0.0382. The van der Waals surface area contributed by atoms with E-state index in [0.29, 0.717) is 6.54 Å². The van der Waals surface area contributed by atoms with Crippen molar-refractivity contribution in [2.24, 2.45) is 0 Å². The highest BCUT2D eigenvalue weighted by Crippen LogP contribution is 2.20. The number of aliphatic hydroxyl groups is 1. The first kappa shape index (κ1) is 11.7. The fourth-order valence-corrected chi connectivity index (χ4v) is 3.29. The van der Waals surface area contributed by atoms with E-state index < -0.39 is 10.0 Å². The third-order valence-corrected chi connectivity index (χ3v) is 4.32. The summed E-state index contributed by atoms with van der Waals surface area (Å²) in [6, 6.07) is -0.228. The van der Waals surface area contributed by atoms with E-state index in [2.05, 4.69) is 6.58 Å². The van der Waals surface area contributed by atoms with E-state index in [1.807, 2.05) is 0 Å². The zero-order valence-corrected chi connectivity index (χ0v) is 9.04. The Hall–Kier alpha value is -0.390. The molecular weight excluding hydrogens is 202 g/mol. The number of piperidine rings is 1. The lowest BCUT2D eigenvalue weighted by molar-refractivity contribution is 0.155. The number of aliphatic hydroxyl groups excluding tert-OH is 1. The minimum atomic E-state index is -3.24. The van der Waals surface area contributed by atoms with Crippen LogP contribution in [0.1, 0.15) is 19.3 Å². The zero-order valence-electron chi connectivity index (χ0n) is 8.22. The normalized spacial score (nSPS) is 24.8. The fraction of sp³-hybridized carbons (Fsp3) is 0.778. The smallest absolute Gasteiger partial charge is 0.217 e. The van der Waals surface area contributed by atoms with Gasteiger partial charge >= 0.3 is 0 Å². The van der Waals surface area contributed by atoms with E-state index in [0.717, 1.165) is 19.3 Å². The molecule has 14 heavy (non-hydrogen) atoms. The predicted octanol–water partition coefficient (Wildman–Crippen LogP) is 0.349. The van der Waals surface area contributed by atoms with Gasteiger partial charge in [0.05, 0.1) is 12.4 Å². The monoisotopic (exact) mass is 219 g/mol. The van der Waals surface area contributed by atoms with Crippen LogP contribution >= 0.6 is 0 Å². The Balaban J connectivity index is 2.77. The summed E-state index contributed by atoms with van der Waals surface area (Å²) in [6.07, 6.45) is 4.02. The van der Waals surface area contributed by atoms with Crippen LogP contribution in [0, 0.1) is 0 Å². The molecule has 1 N–H and O–H groups in total. The Morgan fingerprint density at radius 3 is 2.79 bits per heavy atom. The Kier molecular flexibility index (Phi) is 4.10. The second-order valence-corrected chi connectivity index (χ2v) is 5.48. The highest BCUT2D eigenvalue weighted by Gasteiger charge is 2.30. The quantitative estimate of drug-likeness (QED) is 0.694. The maximum Gasteiger partial charge on any atom is 0.217 e. The van der Waals surface area contributed by atoms with Gasteiger partial charge in [0, 0.05) is 12.6 Å². The van der Waals surface area contributed by atoms with Gasteiger partial charge in [-0.15, -0.1) is 6.58 Å². The first-order valence-electron chi connectivity index (χ1n) is 4.83. The zero-order chi connectivity index (χ0) is 10.6. The Bertz CT molecular complexity index is 286. The number of hydrogen-bond acceptors (Lipinski definition) is 3. The molecule has 4 nitrogen and oxygen atoms in total. The van der Waals surface area contributed by atoms with Crippen LogP contribution < -0.4 is 0 Å². The highest BCUT2D eigenvalue weighted by molar-refractivity contribution is 7.89. The fourth-order valence-electron chi connectivity index (χ4n) is 1.77. The molecule has 1 unspecified atom stereocenters. The molecule has 0 aromatic carbocycles. The van der Waals surface area contributed by atoms with Gasteiger partial charge < -0.3 is 5.11 Å². The molecule has 1 aliphatic heterocycles. The van der Waals surface area contributed by atoms with E-state index in [1.165, 1.54) is 10.4 Å². The van der Waals surface area contributed by atoms with Crippen molar-refractivity contribution in [1.29, 1.82) is 0 Å². The molecule has 1 saturated heterocycles. The van der Waals surface area contributed by atoms with Gasteiger partial charge in [-0.05, 0) is 12.8 Å². The lowest BCUT2D eigenvalue weighted by atomic mass is 10.1. The van der Waals surface area contributed by atoms with Gasteiger partial charge in [-0.2, -0.15) is 4.31 Å². The lowest BCUT2D eigenvalue weighted by Crippen LogP contribution is -2.46. The molecule has 0 aromatic heterocycles. The molecule has 1 rings (SSSR count). The molecule has 82 valence electrons. The summed E-state index contributed by atoms with van der Waals surface area (Å²) in [7, 11) is -3.24. The molecule has 0 aromatic rings. The van der Waals surface area contributed by atoms with Crippen molar-refractivity contribution in [2.45, 2.75) is 25.3 Å². The van der Waals surface area contributed by atoms with Crippen molar-refractivity contribution in [3.05, 3.63) is 12.7 Å². The van der Waals surface area contributed by atoms with Crippen molar-refractivity contribution >= 4 is 10.0 Å². The largest absolute Gasteiger partial charge is 0.395 e. The summed E-state index contributed by atoms with van der Waals surface area (Å²) in [4.78, 5) is 0. The van der Waals surface area contributed by atoms with Crippen molar-refractivity contribution in [3.8, 4) is 0 Å². The van der Waals surface area contributed by atoms with Crippen LogP contribution in [0.15, 0.2) is 12.7 Å². The molecule has 5 heteroatoms. The van der Waals surface area contributed by atoms with Crippen LogP contribution in [0.4, 0.5) is 0 Å². The van der Waals surface area contributed by atoms with E-state index >= 15 is 0 Å². The Labute approximate surface area is 85.3 Å². The van der Waals surface area contributed by atoms with Crippen LogP contribution in [-0.2, 0) is 10.0 Å². The van der Waals surface area contributed by atoms with Crippen molar-refractivity contribution in [3.63, 3.8) is 0 Å². The molecule has 0 radical (unpaired) electrons. The van der Waals surface area contributed by atoms with E-state index in [1.54, 1.807) is 0 Å². The lowest BCUT2D eigenvalue weighted by Gasteiger charge is -2.33. The Morgan fingerprint density at radius 2 is 2.21 bits per heavy atom. The van der Waals surface area contributed by atoms with Crippen molar-refractivity contribution < 1.29 is 13.5 Å². The SMILES string of the molecule is C=CCS(=O)(=O)N1CCCCC1CO. The second-order valence-electron chi connectivity index (χ2n) is 3.51. The Morgan fingerprint density at radius 1 is 1.50 bits per heavy atom. The van der Waals surface area contributed by atoms with Crippen LogP contribution in [-0.4, -0.2) is 42.8 Å². The molecule has 0 aliphatic carbocycles. The molecule has 0 amide bonds. The molecule has 0 saturated carbocycles. The van der Waals surface area contributed by atoms with Gasteiger partial charge in [0.2, 0.25) is 10.0 Å². The first-order valence-corrected chi connectivity index (χ1v) is 6.44. The summed E-state index contributed by atoms with van der Waals surface area (Å²) in [5.41, 5.74) is 0. The number of sulfonamides is 1. The third-order valence-electron chi connectivity index (χ3n) is 2.47. The van der Waals surface area contributed by atoms with Gasteiger partial charge in [0.1, 0.15) is 0 Å². The van der Waals surface area contributed by atoms with Gasteiger partial charge in [-0.3, -0.25) is 0 Å². The van der Waals surface area contributed by atoms with Crippen LogP contribution in [0.5, 0.6) is 0 Å². The number of nitrogens with zero attached hydrogens (tertiary/aromatic N) is 1. The molecule has 1 heterocycles. The van der Waals surface area contributed by atoms with Gasteiger partial charge in [-0.1, -0.05) is 12.5 Å². The van der Waals surface area contributed by atoms with Crippen LogP contribution in [0.2, 0.25) is 0 Å². The minimum absolute atomic E-state index is 0.0382. The minimum Gasteiger partial charge on any atom is -0.395 e. The summed E-state index contributed by atoms with van der Waals surface area (Å²) >= 11 is 0. The number of rotatable bonds is 4. The van der Waals surface area contributed by atoms with Gasteiger partial charge in [0.25, 0.3) is 0 Å². The molecule has 1 atom stereocenters. The molecule has 0 bridgehead atoms. The number of hydrogen-bond donors (Lipinski definition) is 1.